The van der Waals surface area contributed by atoms with Crippen LogP contribution in [0.15, 0.2) is 36.4 Å². The summed E-state index contributed by atoms with van der Waals surface area (Å²) < 4.78 is 1.87. The lowest BCUT2D eigenvalue weighted by atomic mass is 10.1. The molecule has 2 aromatic rings. The molecule has 0 radical (unpaired) electrons. The summed E-state index contributed by atoms with van der Waals surface area (Å²) in [5.41, 5.74) is 3.45. The van der Waals surface area contributed by atoms with E-state index in [-0.39, 0.29) is 0 Å². The Morgan fingerprint density at radius 3 is 2.65 bits per heavy atom. The fraction of sp³-hybridized carbons (Fsp3) is 0.333. The van der Waals surface area contributed by atoms with E-state index < -0.39 is 0 Å². The topological polar surface area (TPSA) is 41.9 Å². The second kappa shape index (κ2) is 7.05. The molecule has 0 aliphatic rings. The summed E-state index contributed by atoms with van der Waals surface area (Å²) in [7, 11) is 1.94. The lowest BCUT2D eigenvalue weighted by Gasteiger charge is -2.10. The highest BCUT2D eigenvalue weighted by Gasteiger charge is 2.02. The fourth-order valence-corrected chi connectivity index (χ4v) is 2.20. The van der Waals surface area contributed by atoms with Crippen molar-refractivity contribution in [3.63, 3.8) is 0 Å². The highest BCUT2D eigenvalue weighted by molar-refractivity contribution is 7.80. The van der Waals surface area contributed by atoms with E-state index in [0.717, 1.165) is 24.4 Å². The Balaban J connectivity index is 1.69. The SMILES string of the molecule is Cc1cc(CNC(=S)NCCc2ccccc2)n(C)n1. The molecule has 1 heterocycles. The molecule has 1 aromatic carbocycles. The van der Waals surface area contributed by atoms with Gasteiger partial charge in [-0.25, -0.2) is 0 Å². The number of aromatic nitrogens is 2. The molecule has 4 nitrogen and oxygen atoms in total. The normalized spacial score (nSPS) is 10.3. The molecule has 0 atom stereocenters. The third-order valence-corrected chi connectivity index (χ3v) is 3.36. The Morgan fingerprint density at radius 2 is 2.00 bits per heavy atom. The minimum Gasteiger partial charge on any atom is -0.362 e. The Kier molecular flexibility index (Phi) is 5.12. The number of benzene rings is 1. The van der Waals surface area contributed by atoms with Crippen LogP contribution in [0, 0.1) is 6.92 Å². The van der Waals surface area contributed by atoms with Crippen molar-refractivity contribution < 1.29 is 0 Å². The summed E-state index contributed by atoms with van der Waals surface area (Å²) in [4.78, 5) is 0. The lowest BCUT2D eigenvalue weighted by Crippen LogP contribution is -2.36. The summed E-state index contributed by atoms with van der Waals surface area (Å²) in [6.07, 6.45) is 0.966. The Bertz CT molecular complexity index is 563. The summed E-state index contributed by atoms with van der Waals surface area (Å²) in [5, 5.41) is 11.4. The van der Waals surface area contributed by atoms with Crippen LogP contribution >= 0.6 is 12.2 Å². The van der Waals surface area contributed by atoms with Gasteiger partial charge in [0.25, 0.3) is 0 Å². The fourth-order valence-electron chi connectivity index (χ4n) is 2.03. The maximum absolute atomic E-state index is 5.27. The van der Waals surface area contributed by atoms with Gasteiger partial charge in [-0.2, -0.15) is 5.10 Å². The smallest absolute Gasteiger partial charge is 0.166 e. The number of nitrogens with one attached hydrogen (secondary N) is 2. The maximum atomic E-state index is 5.27. The van der Waals surface area contributed by atoms with Crippen molar-refractivity contribution in [1.82, 2.24) is 20.4 Å². The van der Waals surface area contributed by atoms with Crippen molar-refractivity contribution in [1.29, 1.82) is 0 Å². The van der Waals surface area contributed by atoms with Gasteiger partial charge < -0.3 is 10.6 Å². The molecular formula is C15H20N4S. The zero-order valence-corrected chi connectivity index (χ0v) is 12.7. The highest BCUT2D eigenvalue weighted by Crippen LogP contribution is 2.01. The van der Waals surface area contributed by atoms with Gasteiger partial charge in [0.15, 0.2) is 5.11 Å². The zero-order valence-electron chi connectivity index (χ0n) is 11.9. The first kappa shape index (κ1) is 14.5. The molecule has 20 heavy (non-hydrogen) atoms. The van der Waals surface area contributed by atoms with Crippen molar-refractivity contribution in [3.8, 4) is 0 Å². The molecule has 2 N–H and O–H groups in total. The Hall–Kier alpha value is -1.88. The predicted octanol–water partition coefficient (Wildman–Crippen LogP) is 1.94. The second-order valence-electron chi connectivity index (χ2n) is 4.75. The van der Waals surface area contributed by atoms with E-state index >= 15 is 0 Å². The van der Waals surface area contributed by atoms with E-state index in [2.05, 4.69) is 46.1 Å². The van der Waals surface area contributed by atoms with E-state index in [9.17, 15) is 0 Å². The van der Waals surface area contributed by atoms with Gasteiger partial charge in [-0.1, -0.05) is 30.3 Å². The number of thiocarbonyl (C=S) groups is 1. The number of hydrogen-bond donors (Lipinski definition) is 2. The molecule has 0 aliphatic heterocycles. The molecule has 2 rings (SSSR count). The van der Waals surface area contributed by atoms with Crippen LogP contribution < -0.4 is 10.6 Å². The molecular weight excluding hydrogens is 268 g/mol. The van der Waals surface area contributed by atoms with E-state index in [1.54, 1.807) is 0 Å². The lowest BCUT2D eigenvalue weighted by molar-refractivity contribution is 0.683. The van der Waals surface area contributed by atoms with Crippen LogP contribution in [0.2, 0.25) is 0 Å². The predicted molar refractivity (Wildman–Crippen MR) is 85.5 cm³/mol. The molecule has 0 saturated heterocycles. The Morgan fingerprint density at radius 1 is 1.25 bits per heavy atom. The molecule has 1 aromatic heterocycles. The van der Waals surface area contributed by atoms with Crippen molar-refractivity contribution in [2.75, 3.05) is 6.54 Å². The average Bonchev–Trinajstić information content (AvgIpc) is 2.76. The van der Waals surface area contributed by atoms with Crippen LogP contribution in [-0.2, 0) is 20.0 Å². The van der Waals surface area contributed by atoms with Gasteiger partial charge >= 0.3 is 0 Å². The molecule has 0 amide bonds. The number of nitrogens with zero attached hydrogens (tertiary/aromatic N) is 2. The van der Waals surface area contributed by atoms with Gasteiger partial charge in [-0.15, -0.1) is 0 Å². The van der Waals surface area contributed by atoms with Crippen molar-refractivity contribution >= 4 is 17.3 Å². The summed E-state index contributed by atoms with van der Waals surface area (Å²) in [6.45, 7) is 3.51. The Labute approximate surface area is 125 Å². The molecule has 0 aliphatic carbocycles. The molecule has 0 spiro atoms. The first-order valence-electron chi connectivity index (χ1n) is 6.70. The standard InChI is InChI=1S/C15H20N4S/c1-12-10-14(19(2)18-12)11-17-15(20)16-9-8-13-6-4-3-5-7-13/h3-7,10H,8-9,11H2,1-2H3,(H2,16,17,20). The van der Waals surface area contributed by atoms with E-state index in [1.807, 2.05) is 24.7 Å². The third kappa shape index (κ3) is 4.35. The highest BCUT2D eigenvalue weighted by atomic mass is 32.1. The first-order chi connectivity index (χ1) is 9.65. The van der Waals surface area contributed by atoms with Crippen LogP contribution in [-0.4, -0.2) is 21.4 Å². The number of rotatable bonds is 5. The van der Waals surface area contributed by atoms with Crippen LogP contribution in [0.4, 0.5) is 0 Å². The third-order valence-electron chi connectivity index (χ3n) is 3.07. The molecule has 0 bridgehead atoms. The van der Waals surface area contributed by atoms with Gasteiger partial charge in [0.2, 0.25) is 0 Å². The average molecular weight is 288 g/mol. The van der Waals surface area contributed by atoms with E-state index in [0.29, 0.717) is 11.7 Å². The van der Waals surface area contributed by atoms with Gasteiger partial charge in [0, 0.05) is 13.6 Å². The van der Waals surface area contributed by atoms with Crippen LogP contribution in [0.5, 0.6) is 0 Å². The van der Waals surface area contributed by atoms with Gasteiger partial charge in [0.1, 0.15) is 0 Å². The largest absolute Gasteiger partial charge is 0.362 e. The van der Waals surface area contributed by atoms with Crippen molar-refractivity contribution in [2.24, 2.45) is 7.05 Å². The molecule has 0 fully saturated rings. The number of aryl methyl sites for hydroxylation is 2. The summed E-state index contributed by atoms with van der Waals surface area (Å²) >= 11 is 5.27. The van der Waals surface area contributed by atoms with Gasteiger partial charge in [0.05, 0.1) is 17.9 Å². The van der Waals surface area contributed by atoms with Crippen LogP contribution in [0.1, 0.15) is 17.0 Å². The van der Waals surface area contributed by atoms with Gasteiger partial charge in [-0.3, -0.25) is 4.68 Å². The summed E-state index contributed by atoms with van der Waals surface area (Å²) in [5.74, 6) is 0. The number of hydrogen-bond acceptors (Lipinski definition) is 2. The zero-order chi connectivity index (χ0) is 14.4. The minimum atomic E-state index is 0.680. The monoisotopic (exact) mass is 288 g/mol. The van der Waals surface area contributed by atoms with Gasteiger partial charge in [-0.05, 0) is 37.2 Å². The van der Waals surface area contributed by atoms with E-state index in [1.165, 1.54) is 5.56 Å². The second-order valence-corrected chi connectivity index (χ2v) is 5.15. The van der Waals surface area contributed by atoms with Crippen LogP contribution in [0.3, 0.4) is 0 Å². The molecule has 0 saturated carbocycles. The quantitative estimate of drug-likeness (QED) is 0.825. The van der Waals surface area contributed by atoms with Crippen LogP contribution in [0.25, 0.3) is 0 Å². The van der Waals surface area contributed by atoms with E-state index in [4.69, 9.17) is 12.2 Å². The molecule has 5 heteroatoms. The van der Waals surface area contributed by atoms with Crippen molar-refractivity contribution in [3.05, 3.63) is 53.3 Å². The molecule has 0 unspecified atom stereocenters. The molecule has 106 valence electrons. The van der Waals surface area contributed by atoms with Crippen molar-refractivity contribution in [2.45, 2.75) is 19.9 Å². The minimum absolute atomic E-state index is 0.680. The maximum Gasteiger partial charge on any atom is 0.166 e. The summed E-state index contributed by atoms with van der Waals surface area (Å²) in [6, 6.07) is 12.4. The first-order valence-corrected chi connectivity index (χ1v) is 7.11.